The van der Waals surface area contributed by atoms with Gasteiger partial charge in [0.15, 0.2) is 0 Å². The van der Waals surface area contributed by atoms with E-state index in [1.54, 1.807) is 18.2 Å². The fourth-order valence-electron chi connectivity index (χ4n) is 2.07. The van der Waals surface area contributed by atoms with Crippen molar-refractivity contribution in [2.45, 2.75) is 12.1 Å². The zero-order chi connectivity index (χ0) is 16.5. The Labute approximate surface area is 140 Å². The number of pyridine rings is 1. The lowest BCUT2D eigenvalue weighted by molar-refractivity contribution is -0.137. The average molecular weight is 370 g/mol. The van der Waals surface area contributed by atoms with Crippen molar-refractivity contribution in [3.8, 4) is 0 Å². The highest BCUT2D eigenvalue weighted by atomic mass is 35.5. The molecule has 1 heterocycles. The Morgan fingerprint density at radius 2 is 1.68 bits per heavy atom. The molecule has 8 heteroatoms. The van der Waals surface area contributed by atoms with E-state index in [1.807, 2.05) is 0 Å². The molecule has 1 unspecified atom stereocenters. The second-order valence-corrected chi connectivity index (χ2v) is 5.73. The molecular formula is C14H10Cl3F3N2. The van der Waals surface area contributed by atoms with E-state index >= 15 is 0 Å². The van der Waals surface area contributed by atoms with Gasteiger partial charge in [0.05, 0.1) is 16.3 Å². The summed E-state index contributed by atoms with van der Waals surface area (Å²) in [5.41, 5.74) is 5.49. The largest absolute Gasteiger partial charge is 0.417 e. The zero-order valence-corrected chi connectivity index (χ0v) is 13.2. The highest BCUT2D eigenvalue weighted by Crippen LogP contribution is 2.38. The monoisotopic (exact) mass is 368 g/mol. The van der Waals surface area contributed by atoms with Crippen molar-refractivity contribution in [1.29, 1.82) is 0 Å². The minimum absolute atomic E-state index is 0.0432. The minimum atomic E-state index is -4.52. The summed E-state index contributed by atoms with van der Waals surface area (Å²) in [5.74, 6) is -0.601. The Hall–Kier alpha value is -1.01. The van der Waals surface area contributed by atoms with E-state index < -0.39 is 17.7 Å². The van der Waals surface area contributed by atoms with E-state index in [0.717, 1.165) is 6.07 Å². The molecule has 0 radical (unpaired) electrons. The number of benzene rings is 1. The summed E-state index contributed by atoms with van der Waals surface area (Å²) in [6.45, 7) is 0.0432. The molecule has 0 bridgehead atoms. The first-order valence-corrected chi connectivity index (χ1v) is 7.25. The summed E-state index contributed by atoms with van der Waals surface area (Å²) >= 11 is 18.2. The highest BCUT2D eigenvalue weighted by molar-refractivity contribution is 6.36. The lowest BCUT2D eigenvalue weighted by Gasteiger charge is -2.19. The molecule has 2 aromatic rings. The van der Waals surface area contributed by atoms with Crippen LogP contribution in [-0.2, 0) is 6.18 Å². The summed E-state index contributed by atoms with van der Waals surface area (Å²) in [6, 6.07) is 5.70. The SMILES string of the molecule is NCC(c1ncc(C(F)(F)F)cc1Cl)c1c(Cl)cccc1Cl. The Morgan fingerprint density at radius 3 is 2.14 bits per heavy atom. The standard InChI is InChI=1S/C14H10Cl3F3N2/c15-9-2-1-3-10(16)12(9)8(5-21)13-11(17)4-7(6-22-13)14(18,19)20/h1-4,6,8H,5,21H2. The van der Waals surface area contributed by atoms with Crippen LogP contribution in [0.1, 0.15) is 22.7 Å². The molecule has 2 rings (SSSR count). The van der Waals surface area contributed by atoms with Crippen LogP contribution in [0.4, 0.5) is 13.2 Å². The summed E-state index contributed by atoms with van der Waals surface area (Å²) in [4.78, 5) is 3.83. The quantitative estimate of drug-likeness (QED) is 0.812. The van der Waals surface area contributed by atoms with Gasteiger partial charge in [-0.3, -0.25) is 4.98 Å². The fourth-order valence-corrected chi connectivity index (χ4v) is 3.03. The Bertz CT molecular complexity index is 669. The number of rotatable bonds is 3. The number of halogens is 6. The third-order valence-corrected chi connectivity index (χ3v) is 4.07. The van der Waals surface area contributed by atoms with Gasteiger partial charge in [0.2, 0.25) is 0 Å². The van der Waals surface area contributed by atoms with Crippen LogP contribution < -0.4 is 5.73 Å². The van der Waals surface area contributed by atoms with Gasteiger partial charge in [-0.05, 0) is 23.8 Å². The maximum absolute atomic E-state index is 12.7. The molecule has 0 aliphatic carbocycles. The van der Waals surface area contributed by atoms with Crippen LogP contribution in [0.15, 0.2) is 30.5 Å². The van der Waals surface area contributed by atoms with Crippen LogP contribution in [0, 0.1) is 0 Å². The van der Waals surface area contributed by atoms with E-state index in [0.29, 0.717) is 21.8 Å². The van der Waals surface area contributed by atoms with E-state index in [4.69, 9.17) is 40.5 Å². The Balaban J connectivity index is 2.53. The summed E-state index contributed by atoms with van der Waals surface area (Å²) < 4.78 is 38.0. The number of aromatic nitrogens is 1. The third kappa shape index (κ3) is 3.49. The van der Waals surface area contributed by atoms with Gasteiger partial charge < -0.3 is 5.73 Å². The van der Waals surface area contributed by atoms with Gasteiger partial charge in [-0.15, -0.1) is 0 Å². The fraction of sp³-hybridized carbons (Fsp3) is 0.214. The number of hydrogen-bond donors (Lipinski definition) is 1. The molecule has 2 N–H and O–H groups in total. The van der Waals surface area contributed by atoms with Crippen LogP contribution >= 0.6 is 34.8 Å². The molecule has 0 aliphatic rings. The van der Waals surface area contributed by atoms with Crippen molar-refractivity contribution < 1.29 is 13.2 Å². The first-order valence-electron chi connectivity index (χ1n) is 6.12. The lowest BCUT2D eigenvalue weighted by Crippen LogP contribution is -2.17. The van der Waals surface area contributed by atoms with E-state index in [2.05, 4.69) is 4.98 Å². The molecule has 0 fully saturated rings. The number of nitrogens with two attached hydrogens (primary N) is 1. The van der Waals surface area contributed by atoms with Crippen LogP contribution in [0.3, 0.4) is 0 Å². The maximum atomic E-state index is 12.7. The number of hydrogen-bond acceptors (Lipinski definition) is 2. The van der Waals surface area contributed by atoms with E-state index in [1.165, 1.54) is 0 Å². The van der Waals surface area contributed by atoms with E-state index in [-0.39, 0.29) is 17.3 Å². The summed E-state index contributed by atoms with van der Waals surface area (Å²) in [7, 11) is 0. The molecule has 0 saturated heterocycles. The molecule has 22 heavy (non-hydrogen) atoms. The Morgan fingerprint density at radius 1 is 1.09 bits per heavy atom. The maximum Gasteiger partial charge on any atom is 0.417 e. The van der Waals surface area contributed by atoms with Gasteiger partial charge in [-0.2, -0.15) is 13.2 Å². The first-order chi connectivity index (χ1) is 10.3. The van der Waals surface area contributed by atoms with Crippen molar-refractivity contribution in [3.63, 3.8) is 0 Å². The summed E-state index contributed by atoms with van der Waals surface area (Å²) in [5, 5.41) is 0.558. The third-order valence-electron chi connectivity index (χ3n) is 3.11. The predicted octanol–water partition coefficient (Wildman–Crippen LogP) is 5.15. The number of nitrogens with zero attached hydrogens (tertiary/aromatic N) is 1. The van der Waals surface area contributed by atoms with Crippen molar-refractivity contribution in [2.75, 3.05) is 6.54 Å². The molecule has 2 nitrogen and oxygen atoms in total. The molecular weight excluding hydrogens is 360 g/mol. The second kappa shape index (κ2) is 6.62. The van der Waals surface area contributed by atoms with Gasteiger partial charge in [-0.1, -0.05) is 40.9 Å². The Kier molecular flexibility index (Phi) is 5.22. The molecule has 1 aromatic carbocycles. The predicted molar refractivity (Wildman–Crippen MR) is 81.6 cm³/mol. The minimum Gasteiger partial charge on any atom is -0.329 e. The first kappa shape index (κ1) is 17.3. The molecule has 0 saturated carbocycles. The van der Waals surface area contributed by atoms with Crippen molar-refractivity contribution >= 4 is 34.8 Å². The number of alkyl halides is 3. The normalized spacial score (nSPS) is 13.2. The molecule has 0 aliphatic heterocycles. The van der Waals surface area contributed by atoms with Crippen LogP contribution in [-0.4, -0.2) is 11.5 Å². The molecule has 1 atom stereocenters. The van der Waals surface area contributed by atoms with Crippen molar-refractivity contribution in [3.05, 3.63) is 62.4 Å². The van der Waals surface area contributed by atoms with Crippen molar-refractivity contribution in [1.82, 2.24) is 4.98 Å². The molecule has 118 valence electrons. The lowest BCUT2D eigenvalue weighted by atomic mass is 9.94. The van der Waals surface area contributed by atoms with Crippen LogP contribution in [0.25, 0.3) is 0 Å². The van der Waals surface area contributed by atoms with Gasteiger partial charge >= 0.3 is 6.18 Å². The van der Waals surface area contributed by atoms with Gasteiger partial charge in [0.25, 0.3) is 0 Å². The summed E-state index contributed by atoms with van der Waals surface area (Å²) in [6.07, 6.45) is -3.80. The van der Waals surface area contributed by atoms with Gasteiger partial charge in [-0.25, -0.2) is 0 Å². The topological polar surface area (TPSA) is 38.9 Å². The molecule has 0 spiro atoms. The zero-order valence-electron chi connectivity index (χ0n) is 11.0. The highest BCUT2D eigenvalue weighted by Gasteiger charge is 2.32. The van der Waals surface area contributed by atoms with Gasteiger partial charge in [0, 0.05) is 28.7 Å². The van der Waals surface area contributed by atoms with Crippen molar-refractivity contribution in [2.24, 2.45) is 5.73 Å². The molecule has 0 amide bonds. The van der Waals surface area contributed by atoms with Gasteiger partial charge in [0.1, 0.15) is 0 Å². The smallest absolute Gasteiger partial charge is 0.329 e. The van der Waals surface area contributed by atoms with Crippen LogP contribution in [0.5, 0.6) is 0 Å². The molecule has 1 aromatic heterocycles. The van der Waals surface area contributed by atoms with Crippen LogP contribution in [0.2, 0.25) is 15.1 Å². The van der Waals surface area contributed by atoms with E-state index in [9.17, 15) is 13.2 Å². The second-order valence-electron chi connectivity index (χ2n) is 4.51. The average Bonchev–Trinajstić information content (AvgIpc) is 2.42.